The minimum atomic E-state index is -0.779. The summed E-state index contributed by atoms with van der Waals surface area (Å²) in [4.78, 5) is 11.1. The van der Waals surface area contributed by atoms with Crippen molar-refractivity contribution in [2.45, 2.75) is 32.7 Å². The fraction of sp³-hybridized carbons (Fsp3) is 0.533. The van der Waals surface area contributed by atoms with E-state index in [2.05, 4.69) is 5.32 Å². The maximum atomic E-state index is 11.1. The van der Waals surface area contributed by atoms with E-state index >= 15 is 0 Å². The van der Waals surface area contributed by atoms with Gasteiger partial charge in [-0.3, -0.25) is 4.79 Å². The highest BCUT2D eigenvalue weighted by Crippen LogP contribution is 2.09. The SMILES string of the molecule is CC[C@H](C)[C@H](NCCCOc1ccccc1)C(=O)O. The number of aliphatic carboxylic acids is 1. The Kier molecular flexibility index (Phi) is 6.97. The van der Waals surface area contributed by atoms with E-state index in [9.17, 15) is 4.79 Å². The largest absolute Gasteiger partial charge is 0.494 e. The molecule has 0 heterocycles. The third kappa shape index (κ3) is 5.75. The molecule has 1 aromatic carbocycles. The van der Waals surface area contributed by atoms with Crippen molar-refractivity contribution in [3.8, 4) is 5.75 Å². The van der Waals surface area contributed by atoms with E-state index in [0.717, 1.165) is 18.6 Å². The molecule has 4 heteroatoms. The topological polar surface area (TPSA) is 58.6 Å². The number of rotatable bonds is 9. The standard InChI is InChI=1S/C15H23NO3/c1-3-12(2)14(15(17)18)16-10-7-11-19-13-8-5-4-6-9-13/h4-6,8-9,12,14,16H,3,7,10-11H2,1-2H3,(H,17,18)/t12-,14-/m0/s1. The molecule has 0 aliphatic heterocycles. The first-order chi connectivity index (χ1) is 9.15. The number of nitrogens with one attached hydrogen (secondary N) is 1. The van der Waals surface area contributed by atoms with Gasteiger partial charge in [0.1, 0.15) is 11.8 Å². The number of benzene rings is 1. The van der Waals surface area contributed by atoms with Gasteiger partial charge in [-0.05, 0) is 31.0 Å². The van der Waals surface area contributed by atoms with E-state index in [1.54, 1.807) is 0 Å². The summed E-state index contributed by atoms with van der Waals surface area (Å²) in [5.74, 6) is 0.199. The van der Waals surface area contributed by atoms with E-state index in [1.165, 1.54) is 0 Å². The van der Waals surface area contributed by atoms with Crippen LogP contribution < -0.4 is 10.1 Å². The molecule has 2 atom stereocenters. The lowest BCUT2D eigenvalue weighted by Gasteiger charge is -2.20. The summed E-state index contributed by atoms with van der Waals surface area (Å²) in [6.07, 6.45) is 1.64. The van der Waals surface area contributed by atoms with Crippen molar-refractivity contribution < 1.29 is 14.6 Å². The van der Waals surface area contributed by atoms with Gasteiger partial charge in [-0.1, -0.05) is 38.5 Å². The van der Waals surface area contributed by atoms with E-state index in [-0.39, 0.29) is 5.92 Å². The molecule has 0 saturated heterocycles. The van der Waals surface area contributed by atoms with Crippen molar-refractivity contribution >= 4 is 5.97 Å². The lowest BCUT2D eigenvalue weighted by atomic mass is 9.99. The van der Waals surface area contributed by atoms with Crippen molar-refractivity contribution in [2.75, 3.05) is 13.2 Å². The maximum Gasteiger partial charge on any atom is 0.320 e. The molecule has 2 N–H and O–H groups in total. The van der Waals surface area contributed by atoms with Crippen molar-refractivity contribution in [1.29, 1.82) is 0 Å². The average molecular weight is 265 g/mol. The second-order valence-corrected chi connectivity index (χ2v) is 4.67. The van der Waals surface area contributed by atoms with Crippen LogP contribution in [-0.4, -0.2) is 30.3 Å². The smallest absolute Gasteiger partial charge is 0.320 e. The zero-order chi connectivity index (χ0) is 14.1. The monoisotopic (exact) mass is 265 g/mol. The van der Waals surface area contributed by atoms with Gasteiger partial charge in [-0.15, -0.1) is 0 Å². The van der Waals surface area contributed by atoms with Crippen LogP contribution in [0.4, 0.5) is 0 Å². The van der Waals surface area contributed by atoms with Gasteiger partial charge < -0.3 is 15.2 Å². The first-order valence-corrected chi connectivity index (χ1v) is 6.79. The summed E-state index contributed by atoms with van der Waals surface area (Å²) < 4.78 is 5.55. The van der Waals surface area contributed by atoms with Gasteiger partial charge >= 0.3 is 5.97 Å². The summed E-state index contributed by atoms with van der Waals surface area (Å²) in [5, 5.41) is 12.2. The van der Waals surface area contributed by atoms with Gasteiger partial charge in [0.25, 0.3) is 0 Å². The predicted molar refractivity (Wildman–Crippen MR) is 75.4 cm³/mol. The summed E-state index contributed by atoms with van der Waals surface area (Å²) in [5.41, 5.74) is 0. The zero-order valence-corrected chi connectivity index (χ0v) is 11.6. The second kappa shape index (κ2) is 8.53. The van der Waals surface area contributed by atoms with Gasteiger partial charge in [-0.25, -0.2) is 0 Å². The van der Waals surface area contributed by atoms with Crippen molar-refractivity contribution in [3.05, 3.63) is 30.3 Å². The first-order valence-electron chi connectivity index (χ1n) is 6.79. The van der Waals surface area contributed by atoms with E-state index in [4.69, 9.17) is 9.84 Å². The molecule has 0 amide bonds. The minimum absolute atomic E-state index is 0.132. The molecule has 0 fully saturated rings. The molecule has 0 aliphatic rings. The van der Waals surface area contributed by atoms with Gasteiger partial charge in [0.15, 0.2) is 0 Å². The molecule has 1 aromatic rings. The average Bonchev–Trinajstić information content (AvgIpc) is 2.42. The first kappa shape index (κ1) is 15.5. The van der Waals surface area contributed by atoms with Crippen molar-refractivity contribution in [2.24, 2.45) is 5.92 Å². The molecule has 0 aliphatic carbocycles. The third-order valence-corrected chi connectivity index (χ3v) is 3.18. The molecular formula is C15H23NO3. The van der Waals surface area contributed by atoms with Crippen LogP contribution >= 0.6 is 0 Å². The molecular weight excluding hydrogens is 242 g/mol. The van der Waals surface area contributed by atoms with Crippen LogP contribution in [0.15, 0.2) is 30.3 Å². The molecule has 0 unspecified atom stereocenters. The summed E-state index contributed by atoms with van der Waals surface area (Å²) >= 11 is 0. The van der Waals surface area contributed by atoms with E-state index in [1.807, 2.05) is 44.2 Å². The van der Waals surface area contributed by atoms with Crippen LogP contribution in [0.3, 0.4) is 0 Å². The van der Waals surface area contributed by atoms with Crippen LogP contribution in [0.25, 0.3) is 0 Å². The maximum absolute atomic E-state index is 11.1. The molecule has 19 heavy (non-hydrogen) atoms. The Morgan fingerprint density at radius 2 is 2.05 bits per heavy atom. The van der Waals surface area contributed by atoms with Crippen LogP contribution in [0.5, 0.6) is 5.75 Å². The van der Waals surface area contributed by atoms with E-state index < -0.39 is 12.0 Å². The molecule has 4 nitrogen and oxygen atoms in total. The second-order valence-electron chi connectivity index (χ2n) is 4.67. The zero-order valence-electron chi connectivity index (χ0n) is 11.6. The van der Waals surface area contributed by atoms with Gasteiger partial charge in [-0.2, -0.15) is 0 Å². The number of carboxylic acid groups (broad SMARTS) is 1. The lowest BCUT2D eigenvalue weighted by molar-refractivity contribution is -0.140. The number of ether oxygens (including phenoxy) is 1. The Hall–Kier alpha value is -1.55. The number of hydrogen-bond donors (Lipinski definition) is 2. The summed E-state index contributed by atoms with van der Waals surface area (Å²) in [7, 11) is 0. The Labute approximate surface area is 114 Å². The van der Waals surface area contributed by atoms with Gasteiger partial charge in [0.2, 0.25) is 0 Å². The predicted octanol–water partition coefficient (Wildman–Crippen LogP) is 2.54. The van der Waals surface area contributed by atoms with Gasteiger partial charge in [0.05, 0.1) is 6.61 Å². The molecule has 1 rings (SSSR count). The Morgan fingerprint density at radius 1 is 1.37 bits per heavy atom. The molecule has 0 bridgehead atoms. The summed E-state index contributed by atoms with van der Waals surface area (Å²) in [6, 6.07) is 9.15. The fourth-order valence-corrected chi connectivity index (χ4v) is 1.80. The minimum Gasteiger partial charge on any atom is -0.494 e. The Morgan fingerprint density at radius 3 is 2.63 bits per heavy atom. The van der Waals surface area contributed by atoms with Crippen LogP contribution in [-0.2, 0) is 4.79 Å². The van der Waals surface area contributed by atoms with E-state index in [0.29, 0.717) is 13.2 Å². The van der Waals surface area contributed by atoms with Gasteiger partial charge in [0, 0.05) is 0 Å². The van der Waals surface area contributed by atoms with Crippen LogP contribution in [0.1, 0.15) is 26.7 Å². The highest BCUT2D eigenvalue weighted by Gasteiger charge is 2.22. The quantitative estimate of drug-likeness (QED) is 0.674. The number of carboxylic acids is 1. The Bertz CT molecular complexity index is 367. The van der Waals surface area contributed by atoms with Crippen LogP contribution in [0.2, 0.25) is 0 Å². The molecule has 0 spiro atoms. The van der Waals surface area contributed by atoms with Crippen LogP contribution in [0, 0.1) is 5.92 Å². The molecule has 106 valence electrons. The number of hydrogen-bond acceptors (Lipinski definition) is 3. The van der Waals surface area contributed by atoms with Crippen molar-refractivity contribution in [1.82, 2.24) is 5.32 Å². The molecule has 0 aromatic heterocycles. The number of para-hydroxylation sites is 1. The summed E-state index contributed by atoms with van der Waals surface area (Å²) in [6.45, 7) is 5.19. The fourth-order valence-electron chi connectivity index (χ4n) is 1.80. The molecule has 0 saturated carbocycles. The Balaban J connectivity index is 2.20. The highest BCUT2D eigenvalue weighted by atomic mass is 16.5. The highest BCUT2D eigenvalue weighted by molar-refractivity contribution is 5.73. The lowest BCUT2D eigenvalue weighted by Crippen LogP contribution is -2.42. The number of carbonyl (C=O) groups is 1. The third-order valence-electron chi connectivity index (χ3n) is 3.18. The van der Waals surface area contributed by atoms with Crippen molar-refractivity contribution in [3.63, 3.8) is 0 Å². The normalized spacial score (nSPS) is 13.8. The molecule has 0 radical (unpaired) electrons.